The number of rotatable bonds is 2. The van der Waals surface area contributed by atoms with Gasteiger partial charge in [-0.2, -0.15) is 0 Å². The fourth-order valence-corrected chi connectivity index (χ4v) is 2.23. The van der Waals surface area contributed by atoms with Crippen LogP contribution in [0.4, 0.5) is 4.79 Å². The third-order valence-electron chi connectivity index (χ3n) is 3.49. The number of ether oxygens (including phenoxy) is 3. The number of carbonyl (C=O) groups excluding carboxylic acids is 1. The van der Waals surface area contributed by atoms with Gasteiger partial charge in [-0.1, -0.05) is 20.8 Å². The topological polar surface area (TPSA) is 48.0 Å². The first-order valence-corrected chi connectivity index (χ1v) is 8.45. The monoisotopic (exact) mass is 329 g/mol. The van der Waals surface area contributed by atoms with Crippen molar-refractivity contribution in [2.75, 3.05) is 19.7 Å². The molecular weight excluding hydrogens is 294 g/mol. The van der Waals surface area contributed by atoms with E-state index in [-0.39, 0.29) is 29.3 Å². The Bertz CT molecular complexity index is 401. The van der Waals surface area contributed by atoms with Gasteiger partial charge in [0.05, 0.1) is 37.5 Å². The van der Waals surface area contributed by atoms with Gasteiger partial charge in [0.25, 0.3) is 0 Å². The summed E-state index contributed by atoms with van der Waals surface area (Å²) in [6.07, 6.45) is -0.465. The van der Waals surface area contributed by atoms with Gasteiger partial charge < -0.3 is 19.1 Å². The molecule has 0 radical (unpaired) electrons. The molecule has 1 saturated heterocycles. The van der Waals surface area contributed by atoms with Crippen LogP contribution >= 0.6 is 0 Å². The van der Waals surface area contributed by atoms with Gasteiger partial charge in [-0.05, 0) is 47.0 Å². The molecule has 1 rings (SSSR count). The summed E-state index contributed by atoms with van der Waals surface area (Å²) >= 11 is 0. The van der Waals surface area contributed by atoms with Crippen molar-refractivity contribution in [3.05, 3.63) is 0 Å². The molecule has 0 spiro atoms. The van der Waals surface area contributed by atoms with E-state index in [9.17, 15) is 4.79 Å². The van der Waals surface area contributed by atoms with Crippen LogP contribution in [0.25, 0.3) is 0 Å². The second kappa shape index (κ2) is 6.98. The maximum atomic E-state index is 12.4. The minimum atomic E-state index is -0.496. The highest BCUT2D eigenvalue weighted by molar-refractivity contribution is 5.68. The molecule has 0 N–H and O–H groups in total. The van der Waals surface area contributed by atoms with E-state index in [1.54, 1.807) is 4.90 Å². The van der Waals surface area contributed by atoms with E-state index in [1.807, 2.05) is 41.5 Å². The van der Waals surface area contributed by atoms with Crippen molar-refractivity contribution in [2.24, 2.45) is 5.41 Å². The SMILES string of the molecule is CC(C)(C)OC[C@@H]1CN(C(=O)OC(C)(C)C)C[C@H](C(C)(C)C)O1. The highest BCUT2D eigenvalue weighted by Crippen LogP contribution is 2.29. The Labute approximate surface area is 141 Å². The van der Waals surface area contributed by atoms with Crippen LogP contribution in [-0.4, -0.2) is 54.1 Å². The minimum absolute atomic E-state index is 0.0441. The molecule has 23 heavy (non-hydrogen) atoms. The van der Waals surface area contributed by atoms with Crippen LogP contribution < -0.4 is 0 Å². The van der Waals surface area contributed by atoms with Crippen molar-refractivity contribution in [2.45, 2.75) is 85.7 Å². The van der Waals surface area contributed by atoms with E-state index >= 15 is 0 Å². The summed E-state index contributed by atoms with van der Waals surface area (Å²) in [6.45, 7) is 19.6. The van der Waals surface area contributed by atoms with Crippen LogP contribution in [0.3, 0.4) is 0 Å². The molecule has 5 nitrogen and oxygen atoms in total. The number of hydrogen-bond donors (Lipinski definition) is 0. The second-order valence-corrected chi connectivity index (χ2v) is 9.42. The Morgan fingerprint density at radius 2 is 1.57 bits per heavy atom. The molecule has 0 saturated carbocycles. The van der Waals surface area contributed by atoms with Crippen LogP contribution in [0.5, 0.6) is 0 Å². The molecule has 1 fully saturated rings. The Morgan fingerprint density at radius 3 is 2.00 bits per heavy atom. The summed E-state index contributed by atoms with van der Waals surface area (Å²) in [5.74, 6) is 0. The number of nitrogens with zero attached hydrogens (tertiary/aromatic N) is 1. The molecule has 1 aliphatic heterocycles. The zero-order valence-electron chi connectivity index (χ0n) is 16.4. The van der Waals surface area contributed by atoms with Crippen molar-refractivity contribution in [3.8, 4) is 0 Å². The largest absolute Gasteiger partial charge is 0.444 e. The number of morpholine rings is 1. The average molecular weight is 329 g/mol. The van der Waals surface area contributed by atoms with Gasteiger partial charge in [0.1, 0.15) is 5.60 Å². The highest BCUT2D eigenvalue weighted by Gasteiger charge is 2.38. The summed E-state index contributed by atoms with van der Waals surface area (Å²) in [5.41, 5.74) is -0.778. The highest BCUT2D eigenvalue weighted by atomic mass is 16.6. The first-order valence-electron chi connectivity index (χ1n) is 8.45. The van der Waals surface area contributed by atoms with Gasteiger partial charge in [0.2, 0.25) is 0 Å². The lowest BCUT2D eigenvalue weighted by Gasteiger charge is -2.43. The maximum absolute atomic E-state index is 12.4. The molecule has 1 amide bonds. The third-order valence-corrected chi connectivity index (χ3v) is 3.49. The maximum Gasteiger partial charge on any atom is 0.410 e. The molecule has 0 aromatic heterocycles. The van der Waals surface area contributed by atoms with Crippen LogP contribution in [0.15, 0.2) is 0 Å². The summed E-state index contributed by atoms with van der Waals surface area (Å²) in [7, 11) is 0. The third kappa shape index (κ3) is 7.53. The lowest BCUT2D eigenvalue weighted by Crippen LogP contribution is -2.56. The number of carbonyl (C=O) groups is 1. The predicted molar refractivity (Wildman–Crippen MR) is 91.6 cm³/mol. The molecule has 0 unspecified atom stereocenters. The Hall–Kier alpha value is -0.810. The van der Waals surface area contributed by atoms with Crippen LogP contribution in [-0.2, 0) is 14.2 Å². The normalized spacial score (nSPS) is 23.8. The zero-order valence-corrected chi connectivity index (χ0v) is 16.4. The molecular formula is C18H35NO4. The van der Waals surface area contributed by atoms with Gasteiger partial charge in [0.15, 0.2) is 0 Å². The van der Waals surface area contributed by atoms with Crippen molar-refractivity contribution in [3.63, 3.8) is 0 Å². The zero-order chi connectivity index (χ0) is 18.1. The quantitative estimate of drug-likeness (QED) is 0.772. The molecule has 2 atom stereocenters. The number of amides is 1. The Morgan fingerprint density at radius 1 is 1.00 bits per heavy atom. The fraction of sp³-hybridized carbons (Fsp3) is 0.944. The molecule has 5 heteroatoms. The summed E-state index contributed by atoms with van der Waals surface area (Å²) in [5, 5.41) is 0. The van der Waals surface area contributed by atoms with Crippen molar-refractivity contribution in [1.82, 2.24) is 4.90 Å². The van der Waals surface area contributed by atoms with E-state index in [2.05, 4.69) is 20.8 Å². The van der Waals surface area contributed by atoms with E-state index < -0.39 is 5.60 Å². The molecule has 0 aromatic rings. The first-order chi connectivity index (χ1) is 10.2. The predicted octanol–water partition coefficient (Wildman–Crippen LogP) is 3.85. The Balaban J connectivity index is 2.80. The van der Waals surface area contributed by atoms with E-state index in [0.29, 0.717) is 19.7 Å². The van der Waals surface area contributed by atoms with Gasteiger partial charge >= 0.3 is 6.09 Å². The Kier molecular flexibility index (Phi) is 6.14. The summed E-state index contributed by atoms with van der Waals surface area (Å²) in [6, 6.07) is 0. The lowest BCUT2D eigenvalue weighted by molar-refractivity contribution is -0.158. The number of hydrogen-bond acceptors (Lipinski definition) is 4. The van der Waals surface area contributed by atoms with Crippen LogP contribution in [0.2, 0.25) is 0 Å². The van der Waals surface area contributed by atoms with Crippen molar-refractivity contribution in [1.29, 1.82) is 0 Å². The molecule has 1 heterocycles. The molecule has 0 aromatic carbocycles. The van der Waals surface area contributed by atoms with Gasteiger partial charge in [-0.3, -0.25) is 0 Å². The molecule has 1 aliphatic rings. The first kappa shape index (κ1) is 20.2. The molecule has 0 aliphatic carbocycles. The summed E-state index contributed by atoms with van der Waals surface area (Å²) in [4.78, 5) is 14.2. The molecule has 136 valence electrons. The molecule has 0 bridgehead atoms. The standard InChI is InChI=1S/C18H35NO4/c1-16(2,3)14-11-19(15(20)23-18(7,8)9)10-13(22-14)12-21-17(4,5)6/h13-14H,10-12H2,1-9H3/t13-,14+/m0/s1. The van der Waals surface area contributed by atoms with Crippen molar-refractivity contribution >= 4 is 6.09 Å². The lowest BCUT2D eigenvalue weighted by atomic mass is 9.87. The average Bonchev–Trinajstić information content (AvgIpc) is 2.32. The van der Waals surface area contributed by atoms with E-state index in [1.165, 1.54) is 0 Å². The van der Waals surface area contributed by atoms with Gasteiger partial charge in [-0.15, -0.1) is 0 Å². The van der Waals surface area contributed by atoms with E-state index in [4.69, 9.17) is 14.2 Å². The minimum Gasteiger partial charge on any atom is -0.444 e. The van der Waals surface area contributed by atoms with E-state index in [0.717, 1.165) is 0 Å². The fourth-order valence-electron chi connectivity index (χ4n) is 2.23. The van der Waals surface area contributed by atoms with Gasteiger partial charge in [-0.25, -0.2) is 4.79 Å². The second-order valence-electron chi connectivity index (χ2n) is 9.42. The summed E-state index contributed by atoms with van der Waals surface area (Å²) < 4.78 is 17.6. The smallest absolute Gasteiger partial charge is 0.410 e. The van der Waals surface area contributed by atoms with Gasteiger partial charge in [0, 0.05) is 0 Å². The van der Waals surface area contributed by atoms with Crippen molar-refractivity contribution < 1.29 is 19.0 Å². The van der Waals surface area contributed by atoms with Crippen LogP contribution in [0, 0.1) is 5.41 Å². The van der Waals surface area contributed by atoms with Crippen LogP contribution in [0.1, 0.15) is 62.3 Å².